The summed E-state index contributed by atoms with van der Waals surface area (Å²) in [5.41, 5.74) is 13.9. The molecule has 0 radical (unpaired) electrons. The number of carbonyl (C=O) groups excluding carboxylic acids is 1. The summed E-state index contributed by atoms with van der Waals surface area (Å²) in [6.45, 7) is 0. The zero-order valence-corrected chi connectivity index (χ0v) is 14.0. The van der Waals surface area contributed by atoms with Gasteiger partial charge in [-0.05, 0) is 24.3 Å². The molecule has 8 heteroatoms. The van der Waals surface area contributed by atoms with E-state index in [4.69, 9.17) is 15.9 Å². The highest BCUT2D eigenvalue weighted by Crippen LogP contribution is 2.28. The van der Waals surface area contributed by atoms with Gasteiger partial charge in [0.25, 0.3) is 5.89 Å². The molecule has 0 fully saturated rings. The molecule has 4 aromatic rings. The molecule has 27 heavy (non-hydrogen) atoms. The standard InChI is InChI=1S/C19H14N6O2/c20-16-15(19-25-24-18(27-19)11-5-2-1-3-6-11)23-14(10-22-16)12-7-4-8-13(9-12)17(21)26/h1-10H,(H2,20,22)(H2,21,26). The number of carbonyl (C=O) groups is 1. The van der Waals surface area contributed by atoms with Gasteiger partial charge in [-0.15, -0.1) is 10.2 Å². The minimum absolute atomic E-state index is 0.159. The second-order valence-corrected chi connectivity index (χ2v) is 5.71. The molecule has 0 saturated heterocycles. The van der Waals surface area contributed by atoms with E-state index in [2.05, 4.69) is 20.2 Å². The first-order chi connectivity index (χ1) is 13.1. The number of hydrogen-bond acceptors (Lipinski definition) is 7. The number of nitrogens with two attached hydrogens (primary N) is 2. The third-order valence-electron chi connectivity index (χ3n) is 3.89. The first-order valence-corrected chi connectivity index (χ1v) is 8.04. The van der Waals surface area contributed by atoms with E-state index in [1.807, 2.05) is 30.3 Å². The predicted molar refractivity (Wildman–Crippen MR) is 99.1 cm³/mol. The van der Waals surface area contributed by atoms with Gasteiger partial charge in [0.15, 0.2) is 11.5 Å². The van der Waals surface area contributed by atoms with Gasteiger partial charge < -0.3 is 15.9 Å². The number of nitrogen functional groups attached to an aromatic ring is 1. The van der Waals surface area contributed by atoms with Crippen molar-refractivity contribution in [1.29, 1.82) is 0 Å². The van der Waals surface area contributed by atoms with E-state index < -0.39 is 5.91 Å². The zero-order chi connectivity index (χ0) is 18.8. The van der Waals surface area contributed by atoms with Crippen molar-refractivity contribution < 1.29 is 9.21 Å². The molecule has 4 rings (SSSR count). The molecule has 8 nitrogen and oxygen atoms in total. The molecule has 2 aromatic heterocycles. The van der Waals surface area contributed by atoms with Gasteiger partial charge in [-0.25, -0.2) is 9.97 Å². The summed E-state index contributed by atoms with van der Waals surface area (Å²) in [5, 5.41) is 8.07. The van der Waals surface area contributed by atoms with Gasteiger partial charge in [-0.3, -0.25) is 4.79 Å². The van der Waals surface area contributed by atoms with Crippen molar-refractivity contribution in [2.75, 3.05) is 5.73 Å². The fourth-order valence-corrected chi connectivity index (χ4v) is 2.54. The molecule has 1 amide bonds. The van der Waals surface area contributed by atoms with Gasteiger partial charge in [-0.2, -0.15) is 0 Å². The van der Waals surface area contributed by atoms with Crippen LogP contribution in [0.5, 0.6) is 0 Å². The van der Waals surface area contributed by atoms with E-state index in [0.29, 0.717) is 22.7 Å². The van der Waals surface area contributed by atoms with Gasteiger partial charge >= 0.3 is 0 Å². The lowest BCUT2D eigenvalue weighted by atomic mass is 10.1. The number of nitrogens with zero attached hydrogens (tertiary/aromatic N) is 4. The van der Waals surface area contributed by atoms with Gasteiger partial charge in [0, 0.05) is 16.7 Å². The molecule has 0 atom stereocenters. The molecular weight excluding hydrogens is 344 g/mol. The highest BCUT2D eigenvalue weighted by Gasteiger charge is 2.17. The summed E-state index contributed by atoms with van der Waals surface area (Å²) in [6, 6.07) is 16.1. The Kier molecular flexibility index (Phi) is 4.06. The summed E-state index contributed by atoms with van der Waals surface area (Å²) < 4.78 is 5.71. The molecule has 4 N–H and O–H groups in total. The van der Waals surface area contributed by atoms with E-state index in [0.717, 1.165) is 5.56 Å². The number of hydrogen-bond donors (Lipinski definition) is 2. The number of rotatable bonds is 4. The van der Waals surface area contributed by atoms with Crippen LogP contribution in [0.3, 0.4) is 0 Å². The average Bonchev–Trinajstić information content (AvgIpc) is 3.19. The zero-order valence-electron chi connectivity index (χ0n) is 14.0. The van der Waals surface area contributed by atoms with E-state index in [1.54, 1.807) is 24.3 Å². The monoisotopic (exact) mass is 358 g/mol. The predicted octanol–water partition coefficient (Wildman–Crippen LogP) is 2.54. The SMILES string of the molecule is NC(=O)c1cccc(-c2cnc(N)c(-c3nnc(-c4ccccc4)o3)n2)c1. The average molecular weight is 358 g/mol. The molecule has 0 aliphatic carbocycles. The van der Waals surface area contributed by atoms with Crippen molar-refractivity contribution in [3.8, 4) is 34.3 Å². The molecule has 2 heterocycles. The summed E-state index contributed by atoms with van der Waals surface area (Å²) in [7, 11) is 0. The van der Waals surface area contributed by atoms with Crippen LogP contribution in [-0.4, -0.2) is 26.1 Å². The second kappa shape index (κ2) is 6.68. The first-order valence-electron chi connectivity index (χ1n) is 8.04. The number of anilines is 1. The number of primary amides is 1. The van der Waals surface area contributed by atoms with Crippen LogP contribution in [0.1, 0.15) is 10.4 Å². The molecule has 0 aliphatic rings. The van der Waals surface area contributed by atoms with Crippen LogP contribution < -0.4 is 11.5 Å². The lowest BCUT2D eigenvalue weighted by Crippen LogP contribution is -2.10. The molecule has 0 unspecified atom stereocenters. The maximum absolute atomic E-state index is 11.4. The Morgan fingerprint density at radius 3 is 2.44 bits per heavy atom. The quantitative estimate of drug-likeness (QED) is 0.572. The topological polar surface area (TPSA) is 134 Å². The summed E-state index contributed by atoms with van der Waals surface area (Å²) in [4.78, 5) is 20.0. The Morgan fingerprint density at radius 2 is 1.67 bits per heavy atom. The lowest BCUT2D eigenvalue weighted by Gasteiger charge is -2.05. The maximum Gasteiger partial charge on any atom is 0.270 e. The molecule has 132 valence electrons. The summed E-state index contributed by atoms with van der Waals surface area (Å²) in [6.07, 6.45) is 1.51. The molecule has 0 saturated carbocycles. The molecule has 0 bridgehead atoms. The highest BCUT2D eigenvalue weighted by molar-refractivity contribution is 5.94. The molecule has 2 aromatic carbocycles. The van der Waals surface area contributed by atoms with Crippen molar-refractivity contribution in [2.24, 2.45) is 5.73 Å². The lowest BCUT2D eigenvalue weighted by molar-refractivity contribution is 0.100. The van der Waals surface area contributed by atoms with Crippen molar-refractivity contribution >= 4 is 11.7 Å². The van der Waals surface area contributed by atoms with Crippen LogP contribution in [0.25, 0.3) is 34.3 Å². The van der Waals surface area contributed by atoms with E-state index in [1.165, 1.54) is 6.20 Å². The normalized spacial score (nSPS) is 10.7. The van der Waals surface area contributed by atoms with Gasteiger partial charge in [0.1, 0.15) is 0 Å². The van der Waals surface area contributed by atoms with Gasteiger partial charge in [0.2, 0.25) is 11.8 Å². The number of amides is 1. The van der Waals surface area contributed by atoms with Gasteiger partial charge in [0.05, 0.1) is 11.9 Å². The summed E-state index contributed by atoms with van der Waals surface area (Å²) >= 11 is 0. The van der Waals surface area contributed by atoms with Gasteiger partial charge in [-0.1, -0.05) is 30.3 Å². The Labute approximate surface area is 153 Å². The fourth-order valence-electron chi connectivity index (χ4n) is 2.54. The minimum atomic E-state index is -0.523. The number of aromatic nitrogens is 4. The molecule has 0 spiro atoms. The largest absolute Gasteiger partial charge is 0.414 e. The van der Waals surface area contributed by atoms with Crippen molar-refractivity contribution in [1.82, 2.24) is 20.2 Å². The van der Waals surface area contributed by atoms with Crippen molar-refractivity contribution in [3.63, 3.8) is 0 Å². The Bertz CT molecular complexity index is 1120. The van der Waals surface area contributed by atoms with E-state index >= 15 is 0 Å². The molecule has 0 aliphatic heterocycles. The Morgan fingerprint density at radius 1 is 0.926 bits per heavy atom. The van der Waals surface area contributed by atoms with Crippen LogP contribution in [0.2, 0.25) is 0 Å². The smallest absolute Gasteiger partial charge is 0.270 e. The second-order valence-electron chi connectivity index (χ2n) is 5.71. The maximum atomic E-state index is 11.4. The minimum Gasteiger partial charge on any atom is -0.414 e. The van der Waals surface area contributed by atoms with Crippen molar-refractivity contribution in [2.45, 2.75) is 0 Å². The van der Waals surface area contributed by atoms with Crippen LogP contribution in [-0.2, 0) is 0 Å². The third kappa shape index (κ3) is 3.23. The van der Waals surface area contributed by atoms with Crippen LogP contribution in [0, 0.1) is 0 Å². The Hall–Kier alpha value is -4.07. The van der Waals surface area contributed by atoms with Crippen molar-refractivity contribution in [3.05, 3.63) is 66.4 Å². The highest BCUT2D eigenvalue weighted by atomic mass is 16.4. The fraction of sp³-hybridized carbons (Fsp3) is 0. The van der Waals surface area contributed by atoms with E-state index in [9.17, 15) is 4.79 Å². The Balaban J connectivity index is 1.75. The number of benzene rings is 2. The first kappa shape index (κ1) is 16.4. The third-order valence-corrected chi connectivity index (χ3v) is 3.89. The summed E-state index contributed by atoms with van der Waals surface area (Å²) in [5.74, 6) is 0.151. The van der Waals surface area contributed by atoms with E-state index in [-0.39, 0.29) is 17.4 Å². The molecular formula is C19H14N6O2. The van der Waals surface area contributed by atoms with Crippen LogP contribution in [0.4, 0.5) is 5.82 Å². The van der Waals surface area contributed by atoms with Crippen LogP contribution in [0.15, 0.2) is 65.2 Å². The van der Waals surface area contributed by atoms with Crippen LogP contribution >= 0.6 is 0 Å².